The third-order valence-electron chi connectivity index (χ3n) is 2.35. The van der Waals surface area contributed by atoms with Crippen molar-refractivity contribution in [3.05, 3.63) is 17.7 Å². The minimum absolute atomic E-state index is 0.145. The number of nitrogens with two attached hydrogens (primary N) is 1. The zero-order valence-electron chi connectivity index (χ0n) is 11.7. The normalized spacial score (nSPS) is 10.1. The maximum atomic E-state index is 11.0. The summed E-state index contributed by atoms with van der Waals surface area (Å²) < 4.78 is 16.7. The van der Waals surface area contributed by atoms with E-state index < -0.39 is 5.91 Å². The molecule has 0 radical (unpaired) electrons. The quantitative estimate of drug-likeness (QED) is 0.781. The highest BCUT2D eigenvalue weighted by Crippen LogP contribution is 2.39. The molecule has 0 unspecified atom stereocenters. The molecular formula is C14H21NO4. The van der Waals surface area contributed by atoms with Crippen LogP contribution in [-0.4, -0.2) is 25.7 Å². The molecule has 5 heteroatoms. The fourth-order valence-electron chi connectivity index (χ4n) is 1.75. The molecule has 1 aromatic rings. The van der Waals surface area contributed by atoms with Gasteiger partial charge >= 0.3 is 0 Å². The van der Waals surface area contributed by atoms with Gasteiger partial charge in [0.15, 0.2) is 11.5 Å². The van der Waals surface area contributed by atoms with E-state index in [9.17, 15) is 4.79 Å². The van der Waals surface area contributed by atoms with E-state index in [1.807, 2.05) is 20.8 Å². The third-order valence-corrected chi connectivity index (χ3v) is 2.35. The lowest BCUT2D eigenvalue weighted by Gasteiger charge is -2.16. The Bertz CT molecular complexity index is 404. The fraction of sp³-hybridized carbons (Fsp3) is 0.500. The highest BCUT2D eigenvalue weighted by atomic mass is 16.5. The van der Waals surface area contributed by atoms with E-state index in [1.54, 1.807) is 12.1 Å². The first kappa shape index (κ1) is 15.1. The summed E-state index contributed by atoms with van der Waals surface area (Å²) in [4.78, 5) is 11.0. The Kier molecular flexibility index (Phi) is 5.99. The Morgan fingerprint density at radius 2 is 1.47 bits per heavy atom. The van der Waals surface area contributed by atoms with Gasteiger partial charge in [-0.3, -0.25) is 4.79 Å². The van der Waals surface area contributed by atoms with E-state index >= 15 is 0 Å². The molecule has 1 amide bonds. The van der Waals surface area contributed by atoms with Gasteiger partial charge in [-0.25, -0.2) is 0 Å². The van der Waals surface area contributed by atoms with Crippen molar-refractivity contribution in [1.29, 1.82) is 0 Å². The van der Waals surface area contributed by atoms with E-state index in [4.69, 9.17) is 19.9 Å². The third kappa shape index (κ3) is 4.35. The number of carbonyl (C=O) groups is 1. The second kappa shape index (κ2) is 7.51. The summed E-state index contributed by atoms with van der Waals surface area (Å²) in [5.74, 6) is 1.33. The SMILES string of the molecule is CCOc1cc(CC(N)=O)cc(OCC)c1OCC. The number of rotatable bonds is 8. The van der Waals surface area contributed by atoms with Crippen LogP contribution in [0.2, 0.25) is 0 Å². The van der Waals surface area contributed by atoms with Crippen molar-refractivity contribution in [3.8, 4) is 17.2 Å². The average Bonchev–Trinajstić information content (AvgIpc) is 2.33. The minimum Gasteiger partial charge on any atom is -0.490 e. The van der Waals surface area contributed by atoms with Gasteiger partial charge in [0.05, 0.1) is 26.2 Å². The van der Waals surface area contributed by atoms with Crippen molar-refractivity contribution < 1.29 is 19.0 Å². The Morgan fingerprint density at radius 1 is 1.00 bits per heavy atom. The molecule has 1 rings (SSSR count). The first-order valence-corrected chi connectivity index (χ1v) is 6.45. The molecule has 0 saturated heterocycles. The van der Waals surface area contributed by atoms with Crippen LogP contribution in [-0.2, 0) is 11.2 Å². The molecule has 0 atom stereocenters. The van der Waals surface area contributed by atoms with E-state index in [1.165, 1.54) is 0 Å². The molecule has 0 saturated carbocycles. The summed E-state index contributed by atoms with van der Waals surface area (Å²) in [6.07, 6.45) is 0.145. The Labute approximate surface area is 113 Å². The summed E-state index contributed by atoms with van der Waals surface area (Å²) in [5.41, 5.74) is 5.97. The molecule has 0 aliphatic rings. The molecule has 0 aromatic heterocycles. The molecule has 0 aliphatic heterocycles. The predicted molar refractivity (Wildman–Crippen MR) is 72.8 cm³/mol. The largest absolute Gasteiger partial charge is 0.490 e. The van der Waals surface area contributed by atoms with E-state index in [0.717, 1.165) is 5.56 Å². The molecule has 0 spiro atoms. The number of hydrogen-bond acceptors (Lipinski definition) is 4. The Morgan fingerprint density at radius 3 is 1.84 bits per heavy atom. The number of benzene rings is 1. The maximum Gasteiger partial charge on any atom is 0.221 e. The second-order valence-electron chi connectivity index (χ2n) is 3.86. The van der Waals surface area contributed by atoms with Gasteiger partial charge in [0.25, 0.3) is 0 Å². The molecule has 106 valence electrons. The van der Waals surface area contributed by atoms with E-state index in [-0.39, 0.29) is 6.42 Å². The Hall–Kier alpha value is -1.91. The molecule has 5 nitrogen and oxygen atoms in total. The highest BCUT2D eigenvalue weighted by Gasteiger charge is 2.15. The van der Waals surface area contributed by atoms with Gasteiger partial charge in [-0.1, -0.05) is 0 Å². The molecule has 1 aromatic carbocycles. The standard InChI is InChI=1S/C14H21NO4/c1-4-17-11-7-10(9-13(15)16)8-12(18-5-2)14(11)19-6-3/h7-8H,4-6,9H2,1-3H3,(H2,15,16). The molecule has 2 N–H and O–H groups in total. The topological polar surface area (TPSA) is 70.8 Å². The molecule has 0 aliphatic carbocycles. The van der Waals surface area contributed by atoms with Crippen LogP contribution in [0.5, 0.6) is 17.2 Å². The molecular weight excluding hydrogens is 246 g/mol. The first-order chi connectivity index (χ1) is 9.12. The predicted octanol–water partition coefficient (Wildman–Crippen LogP) is 1.91. The summed E-state index contributed by atoms with van der Waals surface area (Å²) in [6.45, 7) is 7.18. The monoisotopic (exact) mass is 267 g/mol. The smallest absolute Gasteiger partial charge is 0.221 e. The first-order valence-electron chi connectivity index (χ1n) is 6.45. The molecule has 19 heavy (non-hydrogen) atoms. The fourth-order valence-corrected chi connectivity index (χ4v) is 1.75. The van der Waals surface area contributed by atoms with Crippen LogP contribution in [0.1, 0.15) is 26.3 Å². The molecule has 0 bridgehead atoms. The zero-order chi connectivity index (χ0) is 14.3. The summed E-state index contributed by atoms with van der Waals surface area (Å²) in [7, 11) is 0. The van der Waals surface area contributed by atoms with Crippen LogP contribution in [0, 0.1) is 0 Å². The van der Waals surface area contributed by atoms with Crippen molar-refractivity contribution in [2.45, 2.75) is 27.2 Å². The van der Waals surface area contributed by atoms with Crippen molar-refractivity contribution in [2.24, 2.45) is 5.73 Å². The van der Waals surface area contributed by atoms with Gasteiger partial charge in [0, 0.05) is 0 Å². The van der Waals surface area contributed by atoms with Crippen LogP contribution in [0.3, 0.4) is 0 Å². The van der Waals surface area contributed by atoms with Gasteiger partial charge < -0.3 is 19.9 Å². The Balaban J connectivity index is 3.20. The maximum absolute atomic E-state index is 11.0. The van der Waals surface area contributed by atoms with Gasteiger partial charge in [0.1, 0.15) is 0 Å². The minimum atomic E-state index is -0.394. The van der Waals surface area contributed by atoms with Crippen molar-refractivity contribution in [3.63, 3.8) is 0 Å². The van der Waals surface area contributed by atoms with Crippen molar-refractivity contribution in [2.75, 3.05) is 19.8 Å². The van der Waals surface area contributed by atoms with Crippen LogP contribution in [0.15, 0.2) is 12.1 Å². The van der Waals surface area contributed by atoms with Crippen molar-refractivity contribution >= 4 is 5.91 Å². The van der Waals surface area contributed by atoms with Gasteiger partial charge in [-0.05, 0) is 38.5 Å². The number of ether oxygens (including phenoxy) is 3. The number of amides is 1. The van der Waals surface area contributed by atoms with E-state index in [0.29, 0.717) is 37.1 Å². The lowest BCUT2D eigenvalue weighted by atomic mass is 10.1. The van der Waals surface area contributed by atoms with Crippen LogP contribution in [0.4, 0.5) is 0 Å². The summed E-state index contributed by atoms with van der Waals surface area (Å²) in [6, 6.07) is 3.53. The summed E-state index contributed by atoms with van der Waals surface area (Å²) >= 11 is 0. The average molecular weight is 267 g/mol. The van der Waals surface area contributed by atoms with Gasteiger partial charge in [0.2, 0.25) is 11.7 Å². The van der Waals surface area contributed by atoms with Crippen molar-refractivity contribution in [1.82, 2.24) is 0 Å². The summed E-state index contributed by atoms with van der Waals surface area (Å²) in [5, 5.41) is 0. The lowest BCUT2D eigenvalue weighted by molar-refractivity contribution is -0.117. The highest BCUT2D eigenvalue weighted by molar-refractivity contribution is 5.77. The number of hydrogen-bond donors (Lipinski definition) is 1. The number of primary amides is 1. The van der Waals surface area contributed by atoms with Crippen LogP contribution in [0.25, 0.3) is 0 Å². The second-order valence-corrected chi connectivity index (χ2v) is 3.86. The molecule has 0 heterocycles. The number of carbonyl (C=O) groups excluding carboxylic acids is 1. The molecule has 0 fully saturated rings. The van der Waals surface area contributed by atoms with Crippen LogP contribution >= 0.6 is 0 Å². The van der Waals surface area contributed by atoms with Gasteiger partial charge in [-0.15, -0.1) is 0 Å². The van der Waals surface area contributed by atoms with E-state index in [2.05, 4.69) is 0 Å². The van der Waals surface area contributed by atoms with Gasteiger partial charge in [-0.2, -0.15) is 0 Å². The van der Waals surface area contributed by atoms with Crippen LogP contribution < -0.4 is 19.9 Å². The lowest BCUT2D eigenvalue weighted by Crippen LogP contribution is -2.14. The zero-order valence-corrected chi connectivity index (χ0v) is 11.7.